The van der Waals surface area contributed by atoms with Crippen LogP contribution in [0.3, 0.4) is 0 Å². The number of benzene rings is 2. The number of halogens is 1. The van der Waals surface area contributed by atoms with Crippen molar-refractivity contribution < 1.29 is 0 Å². The fourth-order valence-electron chi connectivity index (χ4n) is 2.41. The van der Waals surface area contributed by atoms with Gasteiger partial charge in [0.2, 0.25) is 5.95 Å². The van der Waals surface area contributed by atoms with Gasteiger partial charge in [0, 0.05) is 5.02 Å². The van der Waals surface area contributed by atoms with Crippen molar-refractivity contribution >= 4 is 34.9 Å². The summed E-state index contributed by atoms with van der Waals surface area (Å²) >= 11 is 11.3. The van der Waals surface area contributed by atoms with E-state index in [1.165, 1.54) is 0 Å². The third-order valence-corrected chi connectivity index (χ3v) is 4.10. The standard InChI is InChI=1S/C18H18ClN5S/c1-13(15-7-3-2-4-8-15)21-18(25)22-17-20-12-24(23-17)11-14-6-5-9-16(19)10-14/h2-10,12-13H,11H2,1H3,(H2,21,22,23,25)/t13-/m0/s1. The van der Waals surface area contributed by atoms with Crippen molar-refractivity contribution in [2.45, 2.75) is 19.5 Å². The van der Waals surface area contributed by atoms with Crippen LogP contribution < -0.4 is 10.6 Å². The monoisotopic (exact) mass is 371 g/mol. The van der Waals surface area contributed by atoms with E-state index in [4.69, 9.17) is 23.8 Å². The molecule has 128 valence electrons. The van der Waals surface area contributed by atoms with Crippen molar-refractivity contribution in [1.29, 1.82) is 0 Å². The highest BCUT2D eigenvalue weighted by molar-refractivity contribution is 7.80. The number of nitrogens with zero attached hydrogens (tertiary/aromatic N) is 3. The summed E-state index contributed by atoms with van der Waals surface area (Å²) in [7, 11) is 0. The quantitative estimate of drug-likeness (QED) is 0.663. The Morgan fingerprint density at radius 3 is 2.76 bits per heavy atom. The average Bonchev–Trinajstić information content (AvgIpc) is 3.02. The number of anilines is 1. The molecule has 0 bridgehead atoms. The Hall–Kier alpha value is -2.44. The number of rotatable bonds is 5. The van der Waals surface area contributed by atoms with Crippen LogP contribution in [0.2, 0.25) is 5.02 Å². The number of hydrogen-bond acceptors (Lipinski definition) is 3. The van der Waals surface area contributed by atoms with Crippen molar-refractivity contribution in [3.8, 4) is 0 Å². The molecule has 3 rings (SSSR count). The van der Waals surface area contributed by atoms with Crippen LogP contribution in [0.25, 0.3) is 0 Å². The van der Waals surface area contributed by atoms with Crippen molar-refractivity contribution in [2.24, 2.45) is 0 Å². The zero-order chi connectivity index (χ0) is 17.6. The van der Waals surface area contributed by atoms with E-state index in [9.17, 15) is 0 Å². The summed E-state index contributed by atoms with van der Waals surface area (Å²) in [6.07, 6.45) is 1.66. The van der Waals surface area contributed by atoms with Gasteiger partial charge < -0.3 is 5.32 Å². The van der Waals surface area contributed by atoms with Crippen molar-refractivity contribution in [3.63, 3.8) is 0 Å². The highest BCUT2D eigenvalue weighted by Crippen LogP contribution is 2.13. The molecule has 3 aromatic rings. The summed E-state index contributed by atoms with van der Waals surface area (Å²) in [5.74, 6) is 0.458. The molecule has 7 heteroatoms. The highest BCUT2D eigenvalue weighted by atomic mass is 35.5. The lowest BCUT2D eigenvalue weighted by Gasteiger charge is -2.16. The van der Waals surface area contributed by atoms with Gasteiger partial charge in [-0.25, -0.2) is 9.67 Å². The number of hydrogen-bond donors (Lipinski definition) is 2. The van der Waals surface area contributed by atoms with E-state index >= 15 is 0 Å². The van der Waals surface area contributed by atoms with E-state index in [1.807, 2.05) is 42.5 Å². The zero-order valence-electron chi connectivity index (χ0n) is 13.7. The van der Waals surface area contributed by atoms with Crippen molar-refractivity contribution in [3.05, 3.63) is 77.1 Å². The van der Waals surface area contributed by atoms with Gasteiger partial charge in [0.1, 0.15) is 6.33 Å². The molecule has 0 aliphatic heterocycles. The molecule has 1 heterocycles. The van der Waals surface area contributed by atoms with Crippen LogP contribution in [0, 0.1) is 0 Å². The molecule has 25 heavy (non-hydrogen) atoms. The van der Waals surface area contributed by atoms with Gasteiger partial charge in [-0.2, -0.15) is 0 Å². The first-order chi connectivity index (χ1) is 12.1. The van der Waals surface area contributed by atoms with Gasteiger partial charge in [0.05, 0.1) is 12.6 Å². The molecular weight excluding hydrogens is 354 g/mol. The molecule has 0 spiro atoms. The first-order valence-corrected chi connectivity index (χ1v) is 8.65. The molecule has 0 saturated carbocycles. The van der Waals surface area contributed by atoms with Gasteiger partial charge in [-0.05, 0) is 42.4 Å². The Labute approximate surface area is 157 Å². The Morgan fingerprint density at radius 2 is 2.00 bits per heavy atom. The summed E-state index contributed by atoms with van der Waals surface area (Å²) in [5, 5.41) is 11.8. The minimum absolute atomic E-state index is 0.0924. The van der Waals surface area contributed by atoms with Crippen molar-refractivity contribution in [1.82, 2.24) is 20.1 Å². The second kappa shape index (κ2) is 8.09. The van der Waals surface area contributed by atoms with E-state index in [-0.39, 0.29) is 6.04 Å². The van der Waals surface area contributed by atoms with Gasteiger partial charge in [0.15, 0.2) is 5.11 Å². The maximum Gasteiger partial charge on any atom is 0.248 e. The average molecular weight is 372 g/mol. The Morgan fingerprint density at radius 1 is 1.20 bits per heavy atom. The van der Waals surface area contributed by atoms with Crippen LogP contribution >= 0.6 is 23.8 Å². The van der Waals surface area contributed by atoms with Crippen LogP contribution in [0.1, 0.15) is 24.1 Å². The lowest BCUT2D eigenvalue weighted by atomic mass is 10.1. The van der Waals surface area contributed by atoms with Gasteiger partial charge >= 0.3 is 0 Å². The zero-order valence-corrected chi connectivity index (χ0v) is 15.3. The van der Waals surface area contributed by atoms with E-state index in [0.717, 1.165) is 11.1 Å². The summed E-state index contributed by atoms with van der Waals surface area (Å²) in [4.78, 5) is 4.24. The lowest BCUT2D eigenvalue weighted by Crippen LogP contribution is -2.31. The topological polar surface area (TPSA) is 54.8 Å². The normalized spacial score (nSPS) is 11.8. The van der Waals surface area contributed by atoms with Gasteiger partial charge in [-0.15, -0.1) is 5.10 Å². The second-order valence-corrected chi connectivity index (χ2v) is 6.47. The molecule has 0 aliphatic rings. The number of thiocarbonyl (C=S) groups is 1. The van der Waals surface area contributed by atoms with Crippen LogP contribution in [0.15, 0.2) is 60.9 Å². The SMILES string of the molecule is C[C@H](NC(=S)Nc1ncn(Cc2cccc(Cl)c2)n1)c1ccccc1. The van der Waals surface area contributed by atoms with E-state index < -0.39 is 0 Å². The summed E-state index contributed by atoms with van der Waals surface area (Å²) in [6.45, 7) is 2.64. The summed E-state index contributed by atoms with van der Waals surface area (Å²) < 4.78 is 1.73. The predicted molar refractivity (Wildman–Crippen MR) is 105 cm³/mol. The predicted octanol–water partition coefficient (Wildman–Crippen LogP) is 4.03. The molecule has 5 nitrogen and oxygen atoms in total. The molecule has 2 N–H and O–H groups in total. The van der Waals surface area contributed by atoms with Crippen LogP contribution in [0.4, 0.5) is 5.95 Å². The lowest BCUT2D eigenvalue weighted by molar-refractivity contribution is 0.686. The molecule has 0 amide bonds. The highest BCUT2D eigenvalue weighted by Gasteiger charge is 2.08. The third kappa shape index (κ3) is 5.01. The minimum Gasteiger partial charge on any atom is -0.356 e. The number of nitrogens with one attached hydrogen (secondary N) is 2. The summed E-state index contributed by atoms with van der Waals surface area (Å²) in [6, 6.07) is 17.9. The van der Waals surface area contributed by atoms with E-state index in [2.05, 4.69) is 39.8 Å². The Bertz CT molecular complexity index is 849. The Balaban J connectivity index is 1.56. The first kappa shape index (κ1) is 17.4. The maximum atomic E-state index is 6.00. The van der Waals surface area contributed by atoms with Crippen LogP contribution in [-0.2, 0) is 6.54 Å². The molecular formula is C18H18ClN5S. The second-order valence-electron chi connectivity index (χ2n) is 5.63. The fraction of sp³-hybridized carbons (Fsp3) is 0.167. The fourth-order valence-corrected chi connectivity index (χ4v) is 2.89. The number of aromatic nitrogens is 3. The van der Waals surface area contributed by atoms with E-state index in [0.29, 0.717) is 22.6 Å². The van der Waals surface area contributed by atoms with Crippen molar-refractivity contribution in [2.75, 3.05) is 5.32 Å². The summed E-state index contributed by atoms with van der Waals surface area (Å²) in [5.41, 5.74) is 2.22. The minimum atomic E-state index is 0.0924. The van der Waals surface area contributed by atoms with Gasteiger partial charge in [-0.1, -0.05) is 54.1 Å². The largest absolute Gasteiger partial charge is 0.356 e. The molecule has 0 fully saturated rings. The first-order valence-electron chi connectivity index (χ1n) is 7.86. The molecule has 0 aliphatic carbocycles. The molecule has 2 aromatic carbocycles. The molecule has 1 atom stereocenters. The van der Waals surface area contributed by atoms with Crippen LogP contribution in [-0.4, -0.2) is 19.9 Å². The van der Waals surface area contributed by atoms with Crippen LogP contribution in [0.5, 0.6) is 0 Å². The van der Waals surface area contributed by atoms with Gasteiger partial charge in [-0.3, -0.25) is 5.32 Å². The maximum absolute atomic E-state index is 6.00. The third-order valence-electron chi connectivity index (χ3n) is 3.64. The van der Waals surface area contributed by atoms with Gasteiger partial charge in [0.25, 0.3) is 0 Å². The molecule has 0 unspecified atom stereocenters. The Kier molecular flexibility index (Phi) is 5.63. The molecule has 1 aromatic heterocycles. The molecule has 0 saturated heterocycles. The van der Waals surface area contributed by atoms with E-state index in [1.54, 1.807) is 11.0 Å². The smallest absolute Gasteiger partial charge is 0.248 e. The molecule has 0 radical (unpaired) electrons.